The minimum Gasteiger partial charge on any atom is -0.497 e. The number of tetrazole rings is 1. The van der Waals surface area contributed by atoms with E-state index in [0.717, 1.165) is 25.7 Å². The molecular formula is C25H32N6O5. The zero-order valence-electron chi connectivity index (χ0n) is 20.6. The second-order valence-corrected chi connectivity index (χ2v) is 8.88. The van der Waals surface area contributed by atoms with Crippen LogP contribution in [0.25, 0.3) is 11.6 Å². The van der Waals surface area contributed by atoms with E-state index in [0.29, 0.717) is 29.3 Å². The normalized spacial score (nSPS) is 14.5. The van der Waals surface area contributed by atoms with Gasteiger partial charge in [0.05, 0.1) is 7.11 Å². The number of aliphatic hydroxyl groups excluding tert-OH is 1. The van der Waals surface area contributed by atoms with Gasteiger partial charge < -0.3 is 24.5 Å². The summed E-state index contributed by atoms with van der Waals surface area (Å²) in [6, 6.07) is 9.81. The second kappa shape index (κ2) is 11.8. The predicted molar refractivity (Wildman–Crippen MR) is 130 cm³/mol. The van der Waals surface area contributed by atoms with Crippen molar-refractivity contribution in [2.45, 2.75) is 57.7 Å². The Morgan fingerprint density at radius 3 is 2.61 bits per heavy atom. The lowest BCUT2D eigenvalue weighted by atomic mass is 10.0. The molecule has 2 N–H and O–H groups in total. The highest BCUT2D eigenvalue weighted by Gasteiger charge is 2.33. The van der Waals surface area contributed by atoms with Crippen LogP contribution in [0.4, 0.5) is 0 Å². The van der Waals surface area contributed by atoms with E-state index in [1.54, 1.807) is 43.5 Å². The van der Waals surface area contributed by atoms with Crippen molar-refractivity contribution in [3.63, 3.8) is 0 Å². The zero-order valence-corrected chi connectivity index (χ0v) is 20.6. The topological polar surface area (TPSA) is 136 Å². The van der Waals surface area contributed by atoms with Crippen LogP contribution in [0.2, 0.25) is 0 Å². The Morgan fingerprint density at radius 1 is 1.22 bits per heavy atom. The first-order valence-corrected chi connectivity index (χ1v) is 12.2. The van der Waals surface area contributed by atoms with Crippen LogP contribution in [0.3, 0.4) is 0 Å². The number of furan rings is 1. The van der Waals surface area contributed by atoms with E-state index in [9.17, 15) is 14.7 Å². The third kappa shape index (κ3) is 6.09. The monoisotopic (exact) mass is 496 g/mol. The molecule has 2 aromatic heterocycles. The smallest absolute Gasteiger partial charge is 0.247 e. The summed E-state index contributed by atoms with van der Waals surface area (Å²) < 4.78 is 10.8. The van der Waals surface area contributed by atoms with Gasteiger partial charge in [0.2, 0.25) is 17.6 Å². The average molecular weight is 497 g/mol. The fraction of sp³-hybridized carbons (Fsp3) is 0.480. The predicted octanol–water partition coefficient (Wildman–Crippen LogP) is 2.26. The van der Waals surface area contributed by atoms with Gasteiger partial charge >= 0.3 is 0 Å². The SMILES string of the molecule is COc1ccc([C@H](C(=O)NC2CCCC2)N(CCCO)C(=O)Cn2nnc(-c3ccc(C)o3)n2)cc1. The van der Waals surface area contributed by atoms with Crippen molar-refractivity contribution in [1.82, 2.24) is 30.4 Å². The van der Waals surface area contributed by atoms with Crippen LogP contribution < -0.4 is 10.1 Å². The third-order valence-corrected chi connectivity index (χ3v) is 6.26. The number of aryl methyl sites for hydroxylation is 1. The average Bonchev–Trinajstić information content (AvgIpc) is 3.64. The number of rotatable bonds is 11. The Morgan fingerprint density at radius 2 is 1.97 bits per heavy atom. The molecule has 11 heteroatoms. The molecule has 1 aliphatic carbocycles. The summed E-state index contributed by atoms with van der Waals surface area (Å²) in [6.45, 7) is 1.66. The van der Waals surface area contributed by atoms with Gasteiger partial charge in [-0.25, -0.2) is 0 Å². The molecule has 2 amide bonds. The van der Waals surface area contributed by atoms with Crippen molar-refractivity contribution in [3.05, 3.63) is 47.7 Å². The third-order valence-electron chi connectivity index (χ3n) is 6.26. The molecule has 2 heterocycles. The minimum atomic E-state index is -0.883. The second-order valence-electron chi connectivity index (χ2n) is 8.88. The molecule has 0 radical (unpaired) electrons. The molecule has 1 saturated carbocycles. The van der Waals surface area contributed by atoms with Gasteiger partial charge in [0.1, 0.15) is 24.1 Å². The molecule has 36 heavy (non-hydrogen) atoms. The van der Waals surface area contributed by atoms with Gasteiger partial charge in [0, 0.05) is 19.2 Å². The Hall–Kier alpha value is -3.73. The van der Waals surface area contributed by atoms with Crippen LogP contribution in [0.1, 0.15) is 49.5 Å². The van der Waals surface area contributed by atoms with Gasteiger partial charge in [-0.2, -0.15) is 4.80 Å². The molecule has 4 rings (SSSR count). The molecule has 192 valence electrons. The van der Waals surface area contributed by atoms with Gasteiger partial charge in [-0.05, 0) is 61.2 Å². The quantitative estimate of drug-likeness (QED) is 0.413. The molecule has 0 unspecified atom stereocenters. The summed E-state index contributed by atoms with van der Waals surface area (Å²) in [5.41, 5.74) is 0.649. The number of carbonyl (C=O) groups is 2. The number of ether oxygens (including phenoxy) is 1. The van der Waals surface area contributed by atoms with Gasteiger partial charge in [-0.3, -0.25) is 9.59 Å². The van der Waals surface area contributed by atoms with E-state index in [4.69, 9.17) is 9.15 Å². The first kappa shape index (κ1) is 25.4. The molecule has 0 bridgehead atoms. The summed E-state index contributed by atoms with van der Waals surface area (Å²) in [6.07, 6.45) is 4.30. The maximum Gasteiger partial charge on any atom is 0.247 e. The Kier molecular flexibility index (Phi) is 8.32. The lowest BCUT2D eigenvalue weighted by Crippen LogP contribution is -2.47. The van der Waals surface area contributed by atoms with E-state index in [1.807, 2.05) is 6.92 Å². The standard InChI is InChI=1S/C25H32N6O5/c1-17-8-13-21(36-17)24-27-29-31(28-24)16-22(33)30(14-5-15-32)23(18-9-11-20(35-2)12-10-18)25(34)26-19-6-3-4-7-19/h8-13,19,23,32H,3-7,14-16H2,1-2H3,(H,26,34)/t23-/m1/s1. The molecule has 0 saturated heterocycles. The fourth-order valence-electron chi connectivity index (χ4n) is 4.42. The number of methoxy groups -OCH3 is 1. The number of benzene rings is 1. The number of aromatic nitrogens is 4. The largest absolute Gasteiger partial charge is 0.497 e. The molecule has 3 aromatic rings. The van der Waals surface area contributed by atoms with E-state index < -0.39 is 6.04 Å². The Bertz CT molecular complexity index is 1150. The molecular weight excluding hydrogens is 464 g/mol. The first-order valence-electron chi connectivity index (χ1n) is 12.2. The molecule has 0 spiro atoms. The molecule has 0 aliphatic heterocycles. The van der Waals surface area contributed by atoms with Crippen LogP contribution in [0.5, 0.6) is 5.75 Å². The minimum absolute atomic E-state index is 0.0873. The number of amides is 2. The Labute approximate surface area is 209 Å². The molecule has 1 aliphatic rings. The van der Waals surface area contributed by atoms with E-state index in [-0.39, 0.29) is 43.4 Å². The lowest BCUT2D eigenvalue weighted by Gasteiger charge is -2.32. The van der Waals surface area contributed by atoms with Gasteiger partial charge in [0.25, 0.3) is 0 Å². The van der Waals surface area contributed by atoms with Crippen LogP contribution in [-0.4, -0.2) is 68.3 Å². The van der Waals surface area contributed by atoms with Gasteiger partial charge in [0.15, 0.2) is 5.76 Å². The first-order chi connectivity index (χ1) is 17.5. The summed E-state index contributed by atoms with van der Waals surface area (Å²) in [4.78, 5) is 29.7. The highest BCUT2D eigenvalue weighted by atomic mass is 16.5. The maximum absolute atomic E-state index is 13.5. The van der Waals surface area contributed by atoms with E-state index >= 15 is 0 Å². The van der Waals surface area contributed by atoms with E-state index in [2.05, 4.69) is 20.7 Å². The molecule has 1 aromatic carbocycles. The van der Waals surface area contributed by atoms with E-state index in [1.165, 1.54) is 9.70 Å². The number of hydrogen-bond donors (Lipinski definition) is 2. The Balaban J connectivity index is 1.59. The summed E-state index contributed by atoms with van der Waals surface area (Å²) >= 11 is 0. The van der Waals surface area contributed by atoms with Crippen LogP contribution in [-0.2, 0) is 16.1 Å². The number of carbonyl (C=O) groups excluding carboxylic acids is 2. The van der Waals surface area contributed by atoms with Crippen LogP contribution in [0.15, 0.2) is 40.8 Å². The number of aliphatic hydroxyl groups is 1. The van der Waals surface area contributed by atoms with Gasteiger partial charge in [-0.15, -0.1) is 10.2 Å². The molecule has 11 nitrogen and oxygen atoms in total. The maximum atomic E-state index is 13.5. The van der Waals surface area contributed by atoms with Crippen LogP contribution in [0, 0.1) is 6.92 Å². The fourth-order valence-corrected chi connectivity index (χ4v) is 4.42. The molecule has 1 fully saturated rings. The van der Waals surface area contributed by atoms with Crippen LogP contribution >= 0.6 is 0 Å². The lowest BCUT2D eigenvalue weighted by molar-refractivity contribution is -0.142. The van der Waals surface area contributed by atoms with Crippen molar-refractivity contribution in [2.24, 2.45) is 0 Å². The highest BCUT2D eigenvalue weighted by Crippen LogP contribution is 2.26. The van der Waals surface area contributed by atoms with Crippen molar-refractivity contribution in [3.8, 4) is 17.3 Å². The summed E-state index contributed by atoms with van der Waals surface area (Å²) in [5.74, 6) is 1.46. The summed E-state index contributed by atoms with van der Waals surface area (Å²) in [5, 5.41) is 24.9. The zero-order chi connectivity index (χ0) is 25.5. The number of hydrogen-bond acceptors (Lipinski definition) is 8. The number of nitrogens with zero attached hydrogens (tertiary/aromatic N) is 5. The van der Waals surface area contributed by atoms with Crippen molar-refractivity contribution in [1.29, 1.82) is 0 Å². The number of nitrogens with one attached hydrogen (secondary N) is 1. The summed E-state index contributed by atoms with van der Waals surface area (Å²) in [7, 11) is 1.57. The molecule has 1 atom stereocenters. The van der Waals surface area contributed by atoms with Crippen molar-refractivity contribution in [2.75, 3.05) is 20.3 Å². The van der Waals surface area contributed by atoms with Crippen molar-refractivity contribution < 1.29 is 23.8 Å². The highest BCUT2D eigenvalue weighted by molar-refractivity contribution is 5.89. The van der Waals surface area contributed by atoms with Crippen molar-refractivity contribution >= 4 is 11.8 Å². The van der Waals surface area contributed by atoms with Gasteiger partial charge in [-0.1, -0.05) is 25.0 Å².